The zero-order valence-corrected chi connectivity index (χ0v) is 12.0. The highest BCUT2D eigenvalue weighted by molar-refractivity contribution is 5.79. The lowest BCUT2D eigenvalue weighted by molar-refractivity contribution is -0.146. The van der Waals surface area contributed by atoms with E-state index in [4.69, 9.17) is 4.74 Å². The van der Waals surface area contributed by atoms with Crippen LogP contribution in [0, 0.1) is 11.8 Å². The van der Waals surface area contributed by atoms with Crippen LogP contribution < -0.4 is 5.32 Å². The summed E-state index contributed by atoms with van der Waals surface area (Å²) in [5, 5.41) is 12.5. The van der Waals surface area contributed by atoms with E-state index >= 15 is 0 Å². The number of carboxylic acids is 1. The van der Waals surface area contributed by atoms with Gasteiger partial charge in [0.05, 0.1) is 0 Å². The summed E-state index contributed by atoms with van der Waals surface area (Å²) >= 11 is 0. The van der Waals surface area contributed by atoms with Crippen molar-refractivity contribution in [2.45, 2.75) is 56.9 Å². The van der Waals surface area contributed by atoms with E-state index in [-0.39, 0.29) is 5.92 Å². The first kappa shape index (κ1) is 14.8. The van der Waals surface area contributed by atoms with E-state index in [0.717, 1.165) is 38.2 Å². The standard InChI is InChI=1S/C15H27NO3/c1-16-15(14(17)18)9-4-7-13(15)8-10-19-11-12-5-2-3-6-12/h12-13,16H,2-11H2,1H3,(H,17,18). The molecule has 2 fully saturated rings. The topological polar surface area (TPSA) is 58.6 Å². The van der Waals surface area contributed by atoms with Crippen LogP contribution in [0.4, 0.5) is 0 Å². The Morgan fingerprint density at radius 2 is 2.05 bits per heavy atom. The van der Waals surface area contributed by atoms with Crippen molar-refractivity contribution in [2.24, 2.45) is 11.8 Å². The third kappa shape index (κ3) is 3.29. The first-order chi connectivity index (χ1) is 9.19. The zero-order chi connectivity index (χ0) is 13.7. The maximum Gasteiger partial charge on any atom is 0.324 e. The van der Waals surface area contributed by atoms with E-state index in [1.165, 1.54) is 25.7 Å². The smallest absolute Gasteiger partial charge is 0.324 e. The third-order valence-electron chi connectivity index (χ3n) is 5.09. The van der Waals surface area contributed by atoms with Crippen LogP contribution in [0.5, 0.6) is 0 Å². The largest absolute Gasteiger partial charge is 0.480 e. The van der Waals surface area contributed by atoms with Crippen LogP contribution in [0.15, 0.2) is 0 Å². The fraction of sp³-hybridized carbons (Fsp3) is 0.933. The average molecular weight is 269 g/mol. The minimum Gasteiger partial charge on any atom is -0.480 e. The quantitative estimate of drug-likeness (QED) is 0.697. The first-order valence-corrected chi connectivity index (χ1v) is 7.69. The molecular weight excluding hydrogens is 242 g/mol. The van der Waals surface area contributed by atoms with Gasteiger partial charge in [-0.25, -0.2) is 0 Å². The number of rotatable bonds is 7. The molecule has 0 amide bonds. The number of carbonyl (C=O) groups is 1. The third-order valence-corrected chi connectivity index (χ3v) is 5.09. The monoisotopic (exact) mass is 269 g/mol. The molecule has 2 N–H and O–H groups in total. The molecule has 2 unspecified atom stereocenters. The number of ether oxygens (including phenoxy) is 1. The lowest BCUT2D eigenvalue weighted by Gasteiger charge is -2.31. The summed E-state index contributed by atoms with van der Waals surface area (Å²) in [4.78, 5) is 11.5. The number of aliphatic carboxylic acids is 1. The van der Waals surface area contributed by atoms with Gasteiger partial charge >= 0.3 is 5.97 Å². The maximum absolute atomic E-state index is 11.5. The lowest BCUT2D eigenvalue weighted by Crippen LogP contribution is -2.53. The Kier molecular flexibility index (Phi) is 5.22. The molecule has 4 nitrogen and oxygen atoms in total. The van der Waals surface area contributed by atoms with E-state index in [9.17, 15) is 9.90 Å². The first-order valence-electron chi connectivity index (χ1n) is 7.69. The molecule has 0 bridgehead atoms. The molecule has 2 atom stereocenters. The predicted molar refractivity (Wildman–Crippen MR) is 74.2 cm³/mol. The summed E-state index contributed by atoms with van der Waals surface area (Å²) in [5.41, 5.74) is -0.712. The van der Waals surface area contributed by atoms with Gasteiger partial charge in [-0.15, -0.1) is 0 Å². The molecule has 0 spiro atoms. The molecule has 0 aromatic rings. The van der Waals surface area contributed by atoms with Crippen molar-refractivity contribution in [1.29, 1.82) is 0 Å². The average Bonchev–Trinajstić information content (AvgIpc) is 3.04. The fourth-order valence-corrected chi connectivity index (χ4v) is 3.84. The Morgan fingerprint density at radius 3 is 2.68 bits per heavy atom. The summed E-state index contributed by atoms with van der Waals surface area (Å²) in [6, 6.07) is 0. The van der Waals surface area contributed by atoms with Gasteiger partial charge in [-0.1, -0.05) is 19.3 Å². The molecule has 0 saturated heterocycles. The van der Waals surface area contributed by atoms with Crippen LogP contribution in [0.2, 0.25) is 0 Å². The minimum absolute atomic E-state index is 0.207. The van der Waals surface area contributed by atoms with Crippen molar-refractivity contribution in [1.82, 2.24) is 5.32 Å². The summed E-state index contributed by atoms with van der Waals surface area (Å²) < 4.78 is 5.78. The molecular formula is C15H27NO3. The Labute approximate surface area is 115 Å². The number of nitrogens with one attached hydrogen (secondary N) is 1. The highest BCUT2D eigenvalue weighted by atomic mass is 16.5. The van der Waals surface area contributed by atoms with Gasteiger partial charge in [-0.2, -0.15) is 0 Å². The van der Waals surface area contributed by atoms with Crippen LogP contribution in [0.1, 0.15) is 51.4 Å². The Hall–Kier alpha value is -0.610. The van der Waals surface area contributed by atoms with Gasteiger partial charge in [-0.05, 0) is 51.0 Å². The number of hydrogen-bond donors (Lipinski definition) is 2. The van der Waals surface area contributed by atoms with Gasteiger partial charge in [0.25, 0.3) is 0 Å². The van der Waals surface area contributed by atoms with Crippen LogP contribution in [-0.4, -0.2) is 36.9 Å². The molecule has 0 aromatic heterocycles. The van der Waals surface area contributed by atoms with E-state index in [1.807, 2.05) is 0 Å². The minimum atomic E-state index is -0.712. The molecule has 0 aromatic carbocycles. The summed E-state index contributed by atoms with van der Waals surface area (Å²) in [6.07, 6.45) is 8.90. The van der Waals surface area contributed by atoms with Crippen LogP contribution in [0.25, 0.3) is 0 Å². The van der Waals surface area contributed by atoms with Crippen molar-refractivity contribution < 1.29 is 14.6 Å². The molecule has 19 heavy (non-hydrogen) atoms. The van der Waals surface area contributed by atoms with Gasteiger partial charge < -0.3 is 15.2 Å². The Bertz CT molecular complexity index is 302. The molecule has 2 rings (SSSR count). The maximum atomic E-state index is 11.5. The summed E-state index contributed by atoms with van der Waals surface area (Å²) in [7, 11) is 1.77. The second kappa shape index (κ2) is 6.71. The number of carboxylic acid groups (broad SMARTS) is 1. The summed E-state index contributed by atoms with van der Waals surface area (Å²) in [6.45, 7) is 1.57. The normalized spacial score (nSPS) is 31.9. The molecule has 0 aliphatic heterocycles. The molecule has 2 aliphatic rings. The van der Waals surface area contributed by atoms with Crippen molar-refractivity contribution >= 4 is 5.97 Å². The second-order valence-corrected chi connectivity index (χ2v) is 6.13. The fourth-order valence-electron chi connectivity index (χ4n) is 3.84. The second-order valence-electron chi connectivity index (χ2n) is 6.13. The molecule has 110 valence electrons. The Balaban J connectivity index is 1.73. The van der Waals surface area contributed by atoms with Crippen molar-refractivity contribution in [3.63, 3.8) is 0 Å². The summed E-state index contributed by atoms with van der Waals surface area (Å²) in [5.74, 6) is 0.254. The van der Waals surface area contributed by atoms with Gasteiger partial charge in [0.1, 0.15) is 5.54 Å². The molecule has 0 radical (unpaired) electrons. The van der Waals surface area contributed by atoms with Crippen LogP contribution in [0.3, 0.4) is 0 Å². The molecule has 0 heterocycles. The van der Waals surface area contributed by atoms with Crippen LogP contribution >= 0.6 is 0 Å². The van der Waals surface area contributed by atoms with Crippen molar-refractivity contribution in [2.75, 3.05) is 20.3 Å². The van der Waals surface area contributed by atoms with E-state index < -0.39 is 11.5 Å². The van der Waals surface area contributed by atoms with Crippen LogP contribution in [-0.2, 0) is 9.53 Å². The van der Waals surface area contributed by atoms with Gasteiger partial charge in [0, 0.05) is 13.2 Å². The molecule has 4 heteroatoms. The SMILES string of the molecule is CNC1(C(=O)O)CCCC1CCOCC1CCCC1. The molecule has 2 aliphatic carbocycles. The zero-order valence-electron chi connectivity index (χ0n) is 12.0. The number of likely N-dealkylation sites (N-methyl/N-ethyl adjacent to an activating group) is 1. The predicted octanol–water partition coefficient (Wildman–Crippen LogP) is 2.43. The van der Waals surface area contributed by atoms with Gasteiger partial charge in [0.15, 0.2) is 0 Å². The Morgan fingerprint density at radius 1 is 1.32 bits per heavy atom. The van der Waals surface area contributed by atoms with Crippen molar-refractivity contribution in [3.05, 3.63) is 0 Å². The van der Waals surface area contributed by atoms with Gasteiger partial charge in [0.2, 0.25) is 0 Å². The highest BCUT2D eigenvalue weighted by Crippen LogP contribution is 2.38. The van der Waals surface area contributed by atoms with E-state index in [0.29, 0.717) is 6.61 Å². The number of hydrogen-bond acceptors (Lipinski definition) is 3. The lowest BCUT2D eigenvalue weighted by atomic mass is 9.85. The van der Waals surface area contributed by atoms with Gasteiger partial charge in [-0.3, -0.25) is 4.79 Å². The van der Waals surface area contributed by atoms with E-state index in [1.54, 1.807) is 7.05 Å². The molecule has 2 saturated carbocycles. The van der Waals surface area contributed by atoms with E-state index in [2.05, 4.69) is 5.32 Å². The van der Waals surface area contributed by atoms with Crippen molar-refractivity contribution in [3.8, 4) is 0 Å². The highest BCUT2D eigenvalue weighted by Gasteiger charge is 2.47.